The number of nitro groups is 3. The average molecular weight is 713 g/mol. The lowest BCUT2D eigenvalue weighted by atomic mass is 10.0. The maximum atomic E-state index is 11.8. The summed E-state index contributed by atoms with van der Waals surface area (Å²) in [7, 11) is 0. The summed E-state index contributed by atoms with van der Waals surface area (Å²) in [6, 6.07) is 47.1. The number of nitrogens with one attached hydrogen (secondary N) is 2. The van der Waals surface area contributed by atoms with Gasteiger partial charge in [-0.25, -0.2) is 0 Å². The normalized spacial score (nSPS) is 11.0. The van der Waals surface area contributed by atoms with Gasteiger partial charge in [-0.15, -0.1) is 0 Å². The van der Waals surface area contributed by atoms with E-state index in [0.29, 0.717) is 17.1 Å². The van der Waals surface area contributed by atoms with E-state index in [2.05, 4.69) is 34.9 Å². The molecule has 0 radical (unpaired) electrons. The van der Waals surface area contributed by atoms with Gasteiger partial charge in [0.05, 0.1) is 31.5 Å². The summed E-state index contributed by atoms with van der Waals surface area (Å²) in [4.78, 5) is 33.0. The number of hydrogen-bond acceptors (Lipinski definition) is 8. The van der Waals surface area contributed by atoms with E-state index in [1.807, 2.05) is 71.3 Å². The van der Waals surface area contributed by atoms with Crippen LogP contribution in [0.1, 0.15) is 0 Å². The highest BCUT2D eigenvalue weighted by molar-refractivity contribution is 6.11. The maximum Gasteiger partial charge on any atom is 0.271 e. The van der Waals surface area contributed by atoms with Crippen molar-refractivity contribution >= 4 is 61.6 Å². The number of nitro benzene ring substituents is 3. The lowest BCUT2D eigenvalue weighted by Gasteiger charge is -2.11. The minimum atomic E-state index is -0.431. The van der Waals surface area contributed by atoms with Gasteiger partial charge in [-0.2, -0.15) is 0 Å². The molecule has 2 N–H and O–H groups in total. The first-order chi connectivity index (χ1) is 26.2. The Morgan fingerprint density at radius 2 is 0.778 bits per heavy atom. The first-order valence-corrected chi connectivity index (χ1v) is 16.8. The van der Waals surface area contributed by atoms with Crippen LogP contribution >= 0.6 is 0 Å². The van der Waals surface area contributed by atoms with Crippen LogP contribution in [0, 0.1) is 30.3 Å². The van der Waals surface area contributed by atoms with E-state index in [1.54, 1.807) is 36.4 Å². The molecule has 0 bridgehead atoms. The third-order valence-corrected chi connectivity index (χ3v) is 9.19. The zero-order valence-electron chi connectivity index (χ0n) is 28.2. The van der Waals surface area contributed by atoms with Crippen LogP contribution < -0.4 is 10.6 Å². The number of non-ortho nitro benzene ring substituents is 3. The van der Waals surface area contributed by atoms with Gasteiger partial charge in [0.1, 0.15) is 0 Å². The van der Waals surface area contributed by atoms with Gasteiger partial charge in [0.15, 0.2) is 0 Å². The number of benzene rings is 7. The summed E-state index contributed by atoms with van der Waals surface area (Å²) in [5, 5.41) is 42.7. The van der Waals surface area contributed by atoms with Gasteiger partial charge in [0.25, 0.3) is 17.1 Å². The van der Waals surface area contributed by atoms with Crippen LogP contribution in [0.2, 0.25) is 0 Å². The Morgan fingerprint density at radius 3 is 1.20 bits per heavy atom. The summed E-state index contributed by atoms with van der Waals surface area (Å²) in [5.41, 5.74) is 8.87. The fourth-order valence-corrected chi connectivity index (χ4v) is 6.62. The molecule has 12 heteroatoms. The van der Waals surface area contributed by atoms with Gasteiger partial charge in [0.2, 0.25) is 0 Å². The summed E-state index contributed by atoms with van der Waals surface area (Å²) in [6.07, 6.45) is 0. The van der Waals surface area contributed by atoms with Crippen molar-refractivity contribution < 1.29 is 14.8 Å². The zero-order valence-corrected chi connectivity index (χ0v) is 28.2. The molecule has 0 aliphatic carbocycles. The minimum absolute atomic E-state index is 0.00171. The molecule has 0 fully saturated rings. The van der Waals surface area contributed by atoms with Crippen LogP contribution in [-0.2, 0) is 0 Å². The predicted octanol–water partition coefficient (Wildman–Crippen LogP) is 11.3. The highest BCUT2D eigenvalue weighted by Gasteiger charge is 2.17. The molecule has 0 saturated heterocycles. The Morgan fingerprint density at radius 1 is 0.389 bits per heavy atom. The molecule has 262 valence electrons. The van der Waals surface area contributed by atoms with Crippen molar-refractivity contribution in [1.29, 1.82) is 0 Å². The molecule has 1 heterocycles. The lowest BCUT2D eigenvalue weighted by Crippen LogP contribution is -1.96. The van der Waals surface area contributed by atoms with E-state index < -0.39 is 14.8 Å². The standard InChI is InChI=1S/C42H28N6O6/c49-46(50)36-7-1-4-33(24-36)43-31-16-10-27(11-17-31)29-14-20-39-40-21-15-30(23-42(40)45(41(39)22-29)35-6-3-9-38(26-35)48(53)54)28-12-18-32(19-13-28)44-34-5-2-8-37(25-34)47(51)52/h1-26,43-44H. The number of rotatable bonds is 10. The van der Waals surface area contributed by atoms with Crippen LogP contribution in [0.5, 0.6) is 0 Å². The van der Waals surface area contributed by atoms with Crippen LogP contribution in [0.3, 0.4) is 0 Å². The molecule has 7 aromatic carbocycles. The van der Waals surface area contributed by atoms with E-state index in [4.69, 9.17) is 0 Å². The molecule has 54 heavy (non-hydrogen) atoms. The van der Waals surface area contributed by atoms with Gasteiger partial charge in [-0.05, 0) is 76.9 Å². The van der Waals surface area contributed by atoms with Gasteiger partial charge in [-0.3, -0.25) is 30.3 Å². The molecule has 0 atom stereocenters. The van der Waals surface area contributed by atoms with Crippen LogP contribution in [0.25, 0.3) is 49.7 Å². The van der Waals surface area contributed by atoms with E-state index in [1.165, 1.54) is 30.3 Å². The summed E-state index contributed by atoms with van der Waals surface area (Å²) >= 11 is 0. The van der Waals surface area contributed by atoms with Gasteiger partial charge >= 0.3 is 0 Å². The second-order valence-corrected chi connectivity index (χ2v) is 12.6. The summed E-state index contributed by atoms with van der Waals surface area (Å²) < 4.78 is 2.04. The van der Waals surface area contributed by atoms with Crippen LogP contribution in [0.4, 0.5) is 39.8 Å². The molecule has 0 saturated carbocycles. The van der Waals surface area contributed by atoms with Crippen molar-refractivity contribution in [2.24, 2.45) is 0 Å². The van der Waals surface area contributed by atoms with Gasteiger partial charge < -0.3 is 15.2 Å². The molecular formula is C42H28N6O6. The average Bonchev–Trinajstić information content (AvgIpc) is 3.51. The monoisotopic (exact) mass is 712 g/mol. The van der Waals surface area contributed by atoms with E-state index in [0.717, 1.165) is 55.4 Å². The SMILES string of the molecule is O=[N+]([O-])c1cccc(Nc2ccc(-c3ccc4c5ccc(-c6ccc(Nc7cccc([N+](=O)[O-])c7)cc6)cc5n(-c5cccc([N+](=O)[O-])c5)c4c3)cc2)c1. The highest BCUT2D eigenvalue weighted by Crippen LogP contribution is 2.38. The van der Waals surface area contributed by atoms with Crippen molar-refractivity contribution in [2.45, 2.75) is 0 Å². The number of nitrogens with zero attached hydrogens (tertiary/aromatic N) is 4. The Hall–Kier alpha value is -7.86. The smallest absolute Gasteiger partial charge is 0.271 e. The van der Waals surface area contributed by atoms with Crippen LogP contribution in [0.15, 0.2) is 158 Å². The van der Waals surface area contributed by atoms with Gasteiger partial charge in [0, 0.05) is 69.9 Å². The Bertz CT molecular complexity index is 2600. The zero-order chi connectivity index (χ0) is 37.3. The quantitative estimate of drug-likeness (QED) is 0.105. The summed E-state index contributed by atoms with van der Waals surface area (Å²) in [6.45, 7) is 0. The molecule has 8 aromatic rings. The first-order valence-electron chi connectivity index (χ1n) is 16.8. The van der Waals surface area contributed by atoms with E-state index >= 15 is 0 Å². The number of hydrogen-bond donors (Lipinski definition) is 2. The Balaban J connectivity index is 1.17. The molecule has 0 spiro atoms. The fraction of sp³-hybridized carbons (Fsp3) is 0. The van der Waals surface area contributed by atoms with Crippen LogP contribution in [-0.4, -0.2) is 19.3 Å². The molecule has 1 aromatic heterocycles. The number of aromatic nitrogens is 1. The third-order valence-electron chi connectivity index (χ3n) is 9.19. The second kappa shape index (κ2) is 13.7. The van der Waals surface area contributed by atoms with E-state index in [9.17, 15) is 30.3 Å². The van der Waals surface area contributed by atoms with Crippen molar-refractivity contribution in [3.05, 3.63) is 188 Å². The number of anilines is 4. The lowest BCUT2D eigenvalue weighted by molar-refractivity contribution is -0.385. The highest BCUT2D eigenvalue weighted by atomic mass is 16.6. The number of fused-ring (bicyclic) bond motifs is 3. The molecule has 0 aliphatic heterocycles. The molecule has 0 unspecified atom stereocenters. The molecular weight excluding hydrogens is 684 g/mol. The van der Waals surface area contributed by atoms with E-state index in [-0.39, 0.29) is 17.1 Å². The van der Waals surface area contributed by atoms with Crippen molar-refractivity contribution in [2.75, 3.05) is 10.6 Å². The fourth-order valence-electron chi connectivity index (χ4n) is 6.62. The minimum Gasteiger partial charge on any atom is -0.355 e. The topological polar surface area (TPSA) is 158 Å². The second-order valence-electron chi connectivity index (χ2n) is 12.6. The predicted molar refractivity (Wildman–Crippen MR) is 211 cm³/mol. The molecule has 0 amide bonds. The van der Waals surface area contributed by atoms with Gasteiger partial charge in [-0.1, -0.05) is 66.7 Å². The van der Waals surface area contributed by atoms with Crippen molar-refractivity contribution in [3.8, 4) is 27.9 Å². The largest absolute Gasteiger partial charge is 0.355 e. The van der Waals surface area contributed by atoms with Crippen molar-refractivity contribution in [1.82, 2.24) is 4.57 Å². The molecule has 0 aliphatic rings. The Kier molecular flexibility index (Phi) is 8.44. The maximum absolute atomic E-state index is 11.8. The first kappa shape index (κ1) is 33.3. The molecule has 12 nitrogen and oxygen atoms in total. The summed E-state index contributed by atoms with van der Waals surface area (Å²) in [5.74, 6) is 0. The third kappa shape index (κ3) is 6.53. The Labute approximate surface area is 307 Å². The van der Waals surface area contributed by atoms with Crippen molar-refractivity contribution in [3.63, 3.8) is 0 Å². The molecule has 8 rings (SSSR count).